The molecule has 3 aromatic rings. The van der Waals surface area contributed by atoms with Crippen LogP contribution in [0.25, 0.3) is 15.8 Å². The highest BCUT2D eigenvalue weighted by Gasteiger charge is 2.09. The molecule has 2 aromatic carbocycles. The van der Waals surface area contributed by atoms with Crippen LogP contribution in [0.2, 0.25) is 0 Å². The van der Waals surface area contributed by atoms with Crippen LogP contribution in [0.3, 0.4) is 0 Å². The van der Waals surface area contributed by atoms with Gasteiger partial charge in [-0.15, -0.1) is 0 Å². The zero-order valence-electron chi connectivity index (χ0n) is 10.5. The van der Waals surface area contributed by atoms with E-state index < -0.39 is 0 Å². The summed E-state index contributed by atoms with van der Waals surface area (Å²) in [6, 6.07) is 15.4. The van der Waals surface area contributed by atoms with Gasteiger partial charge in [-0.05, 0) is 36.8 Å². The smallest absolute Gasteiger partial charge is 0.273 e. The molecule has 0 aliphatic heterocycles. The van der Waals surface area contributed by atoms with E-state index in [1.54, 1.807) is 3.96 Å². The minimum Gasteiger partial charge on any atom is -0.324 e. The van der Waals surface area contributed by atoms with Gasteiger partial charge in [0.25, 0.3) is 5.56 Å². The molecular weight excluding hydrogens is 256 g/mol. The van der Waals surface area contributed by atoms with Crippen molar-refractivity contribution in [1.82, 2.24) is 3.96 Å². The van der Waals surface area contributed by atoms with E-state index in [1.165, 1.54) is 11.5 Å². The molecule has 0 aliphatic rings. The van der Waals surface area contributed by atoms with Crippen LogP contribution in [0.4, 0.5) is 0 Å². The standard InChI is InChI=1S/C15H14N2OS/c1-10(16)11-5-4-6-12(9-11)17-15(18)13-7-2-3-8-14(13)19-17/h2-10H,16H2,1H3. The van der Waals surface area contributed by atoms with Gasteiger partial charge in [0.2, 0.25) is 0 Å². The number of hydrogen-bond donors (Lipinski definition) is 1. The van der Waals surface area contributed by atoms with Crippen molar-refractivity contribution < 1.29 is 0 Å². The number of aromatic nitrogens is 1. The van der Waals surface area contributed by atoms with Crippen molar-refractivity contribution in [1.29, 1.82) is 0 Å². The number of rotatable bonds is 2. The topological polar surface area (TPSA) is 48.0 Å². The zero-order valence-corrected chi connectivity index (χ0v) is 11.4. The summed E-state index contributed by atoms with van der Waals surface area (Å²) in [6.07, 6.45) is 0. The van der Waals surface area contributed by atoms with Gasteiger partial charge in [0.05, 0.1) is 15.8 Å². The Hall–Kier alpha value is -1.91. The third kappa shape index (κ3) is 2.09. The molecule has 19 heavy (non-hydrogen) atoms. The Kier molecular flexibility index (Phi) is 2.97. The Balaban J connectivity index is 2.22. The van der Waals surface area contributed by atoms with E-state index in [9.17, 15) is 4.79 Å². The van der Waals surface area contributed by atoms with Crippen molar-refractivity contribution >= 4 is 21.6 Å². The van der Waals surface area contributed by atoms with Crippen molar-refractivity contribution in [3.8, 4) is 5.69 Å². The van der Waals surface area contributed by atoms with E-state index in [1.807, 2.05) is 55.5 Å². The second-order valence-corrected chi connectivity index (χ2v) is 5.56. The third-order valence-electron chi connectivity index (χ3n) is 3.12. The molecule has 1 atom stereocenters. The van der Waals surface area contributed by atoms with Gasteiger partial charge in [0, 0.05) is 6.04 Å². The lowest BCUT2D eigenvalue weighted by molar-refractivity contribution is 0.816. The first kappa shape index (κ1) is 12.1. The van der Waals surface area contributed by atoms with Crippen LogP contribution < -0.4 is 11.3 Å². The Morgan fingerprint density at radius 3 is 2.68 bits per heavy atom. The van der Waals surface area contributed by atoms with Crippen LogP contribution in [0.15, 0.2) is 53.3 Å². The van der Waals surface area contributed by atoms with Crippen molar-refractivity contribution in [2.75, 3.05) is 0 Å². The highest BCUT2D eigenvalue weighted by molar-refractivity contribution is 7.14. The van der Waals surface area contributed by atoms with Crippen LogP contribution in [0.5, 0.6) is 0 Å². The predicted octanol–water partition coefficient (Wildman–Crippen LogP) is 3.07. The molecule has 0 bridgehead atoms. The molecule has 1 heterocycles. The predicted molar refractivity (Wildman–Crippen MR) is 80.0 cm³/mol. The first-order valence-corrected chi connectivity index (χ1v) is 6.91. The molecule has 0 fully saturated rings. The van der Waals surface area contributed by atoms with Crippen LogP contribution in [-0.4, -0.2) is 3.96 Å². The van der Waals surface area contributed by atoms with Crippen LogP contribution in [0.1, 0.15) is 18.5 Å². The Morgan fingerprint density at radius 1 is 1.16 bits per heavy atom. The first-order valence-electron chi connectivity index (χ1n) is 6.14. The first-order chi connectivity index (χ1) is 9.16. The molecular formula is C15H14N2OS. The molecule has 0 aliphatic carbocycles. The number of nitrogens with two attached hydrogens (primary N) is 1. The third-order valence-corrected chi connectivity index (χ3v) is 4.23. The highest BCUT2D eigenvalue weighted by Crippen LogP contribution is 2.21. The molecule has 1 aromatic heterocycles. The van der Waals surface area contributed by atoms with Gasteiger partial charge in [-0.3, -0.25) is 4.79 Å². The van der Waals surface area contributed by atoms with Gasteiger partial charge < -0.3 is 5.73 Å². The maximum Gasteiger partial charge on any atom is 0.273 e. The van der Waals surface area contributed by atoms with E-state index in [2.05, 4.69) is 0 Å². The fourth-order valence-electron chi connectivity index (χ4n) is 2.08. The van der Waals surface area contributed by atoms with Gasteiger partial charge in [-0.25, -0.2) is 3.96 Å². The second kappa shape index (κ2) is 4.64. The molecule has 4 heteroatoms. The molecule has 3 rings (SSSR count). The molecule has 1 unspecified atom stereocenters. The average Bonchev–Trinajstić information content (AvgIpc) is 2.77. The normalized spacial score (nSPS) is 12.7. The summed E-state index contributed by atoms with van der Waals surface area (Å²) in [7, 11) is 0. The SMILES string of the molecule is CC(N)c1cccc(-n2sc3ccccc3c2=O)c1. The lowest BCUT2D eigenvalue weighted by Gasteiger charge is -2.07. The van der Waals surface area contributed by atoms with Gasteiger partial charge in [-0.1, -0.05) is 35.8 Å². The largest absolute Gasteiger partial charge is 0.324 e. The minimum atomic E-state index is -0.0370. The van der Waals surface area contributed by atoms with E-state index in [0.717, 1.165) is 21.3 Å². The number of benzene rings is 2. The summed E-state index contributed by atoms with van der Waals surface area (Å²) in [4.78, 5) is 12.4. The maximum absolute atomic E-state index is 12.4. The lowest BCUT2D eigenvalue weighted by Crippen LogP contribution is -2.12. The van der Waals surface area contributed by atoms with Gasteiger partial charge in [0.15, 0.2) is 0 Å². The van der Waals surface area contributed by atoms with Crippen molar-refractivity contribution in [2.45, 2.75) is 13.0 Å². The Morgan fingerprint density at radius 2 is 1.95 bits per heavy atom. The zero-order chi connectivity index (χ0) is 13.4. The molecule has 3 nitrogen and oxygen atoms in total. The monoisotopic (exact) mass is 270 g/mol. The fourth-order valence-corrected chi connectivity index (χ4v) is 3.07. The molecule has 2 N–H and O–H groups in total. The Bertz CT molecular complexity index is 786. The lowest BCUT2D eigenvalue weighted by atomic mass is 10.1. The van der Waals surface area contributed by atoms with Crippen LogP contribution >= 0.6 is 11.5 Å². The van der Waals surface area contributed by atoms with Crippen molar-refractivity contribution in [3.63, 3.8) is 0 Å². The summed E-state index contributed by atoms with van der Waals surface area (Å²) in [5.41, 5.74) is 7.83. The summed E-state index contributed by atoms with van der Waals surface area (Å²) >= 11 is 1.46. The fraction of sp³-hybridized carbons (Fsp3) is 0.133. The quantitative estimate of drug-likeness (QED) is 0.778. The van der Waals surface area contributed by atoms with E-state index in [-0.39, 0.29) is 11.6 Å². The summed E-state index contributed by atoms with van der Waals surface area (Å²) in [5, 5.41) is 0.763. The van der Waals surface area contributed by atoms with Crippen molar-refractivity contribution in [3.05, 3.63) is 64.4 Å². The van der Waals surface area contributed by atoms with E-state index in [4.69, 9.17) is 5.73 Å². The molecule has 0 radical (unpaired) electrons. The number of fused-ring (bicyclic) bond motifs is 1. The summed E-state index contributed by atoms with van der Waals surface area (Å²) in [6.45, 7) is 1.94. The number of nitrogens with zero attached hydrogens (tertiary/aromatic N) is 1. The molecule has 0 saturated heterocycles. The van der Waals surface area contributed by atoms with Gasteiger partial charge >= 0.3 is 0 Å². The van der Waals surface area contributed by atoms with Gasteiger partial charge in [0.1, 0.15) is 0 Å². The maximum atomic E-state index is 12.4. The summed E-state index contributed by atoms with van der Waals surface area (Å²) in [5.74, 6) is 0. The van der Waals surface area contributed by atoms with Crippen LogP contribution in [-0.2, 0) is 0 Å². The second-order valence-electron chi connectivity index (χ2n) is 4.57. The number of hydrogen-bond acceptors (Lipinski definition) is 3. The van der Waals surface area contributed by atoms with E-state index in [0.29, 0.717) is 0 Å². The van der Waals surface area contributed by atoms with Crippen LogP contribution in [0, 0.1) is 0 Å². The van der Waals surface area contributed by atoms with Crippen molar-refractivity contribution in [2.24, 2.45) is 5.73 Å². The van der Waals surface area contributed by atoms with E-state index >= 15 is 0 Å². The summed E-state index contributed by atoms with van der Waals surface area (Å²) < 4.78 is 2.72. The molecule has 0 amide bonds. The minimum absolute atomic E-state index is 0.0300. The highest BCUT2D eigenvalue weighted by atomic mass is 32.1. The Labute approximate surface area is 115 Å². The molecule has 0 saturated carbocycles. The van der Waals surface area contributed by atoms with Gasteiger partial charge in [-0.2, -0.15) is 0 Å². The molecule has 0 spiro atoms. The molecule has 96 valence electrons. The average molecular weight is 270 g/mol.